The van der Waals surface area contributed by atoms with Crippen molar-refractivity contribution < 1.29 is 14.1 Å². The van der Waals surface area contributed by atoms with E-state index in [2.05, 4.69) is 5.32 Å². The van der Waals surface area contributed by atoms with E-state index in [1.54, 1.807) is 24.3 Å². The Morgan fingerprint density at radius 2 is 2.05 bits per heavy atom. The summed E-state index contributed by atoms with van der Waals surface area (Å²) in [5.74, 6) is -0.563. The molecule has 110 valence electrons. The van der Waals surface area contributed by atoms with Crippen LogP contribution < -0.4 is 5.32 Å². The van der Waals surface area contributed by atoms with E-state index in [1.165, 1.54) is 24.3 Å². The first-order valence-electron chi connectivity index (χ1n) is 6.27. The molecule has 0 aliphatic rings. The molecule has 1 N–H and O–H groups in total. The minimum absolute atomic E-state index is 0.214. The molecule has 0 aliphatic carbocycles. The van der Waals surface area contributed by atoms with Crippen molar-refractivity contribution in [3.63, 3.8) is 0 Å². The quantitative estimate of drug-likeness (QED) is 0.518. The Kier molecular flexibility index (Phi) is 4.67. The molecule has 0 bridgehead atoms. The predicted molar refractivity (Wildman–Crippen MR) is 78.8 cm³/mol. The number of hydrogen-bond donors (Lipinski definition) is 1. The lowest BCUT2D eigenvalue weighted by Crippen LogP contribution is -2.07. The first-order chi connectivity index (χ1) is 10.6. The van der Waals surface area contributed by atoms with Crippen LogP contribution in [0.2, 0.25) is 0 Å². The van der Waals surface area contributed by atoms with E-state index in [0.717, 1.165) is 5.56 Å². The van der Waals surface area contributed by atoms with E-state index in [1.807, 2.05) is 6.07 Å². The average molecular weight is 297 g/mol. The highest BCUT2D eigenvalue weighted by Gasteiger charge is 2.10. The minimum Gasteiger partial charge on any atom is -0.401 e. The molecule has 7 nitrogen and oxygen atoms in total. The molecule has 2 rings (SSSR count). The number of nitrogens with one attached hydrogen (secondary N) is 1. The van der Waals surface area contributed by atoms with Gasteiger partial charge in [-0.1, -0.05) is 12.1 Å². The second kappa shape index (κ2) is 6.85. The maximum absolute atomic E-state index is 11.7. The summed E-state index contributed by atoms with van der Waals surface area (Å²) in [4.78, 5) is 21.5. The summed E-state index contributed by atoms with van der Waals surface area (Å²) >= 11 is 0. The molecule has 0 radical (unpaired) electrons. The van der Waals surface area contributed by atoms with E-state index in [4.69, 9.17) is 9.68 Å². The number of nitriles is 1. The highest BCUT2D eigenvalue weighted by atomic mass is 16.6. The van der Waals surface area contributed by atoms with Crippen LogP contribution in [0.1, 0.15) is 11.3 Å². The molecule has 1 heterocycles. The lowest BCUT2D eigenvalue weighted by Gasteiger charge is -2.02. The topological polar surface area (TPSA) is 109 Å². The van der Waals surface area contributed by atoms with Crippen molar-refractivity contribution in [3.05, 3.63) is 63.9 Å². The zero-order valence-electron chi connectivity index (χ0n) is 11.4. The van der Waals surface area contributed by atoms with Crippen molar-refractivity contribution in [2.75, 3.05) is 5.32 Å². The van der Waals surface area contributed by atoms with Gasteiger partial charge in [0, 0.05) is 11.8 Å². The number of carbonyl (C=O) groups excluding carboxylic acids is 1. The predicted octanol–water partition coefficient (Wildman–Crippen LogP) is 2.91. The van der Waals surface area contributed by atoms with Crippen LogP contribution in [0.25, 0.3) is 6.08 Å². The summed E-state index contributed by atoms with van der Waals surface area (Å²) in [5.41, 5.74) is 1.45. The molecule has 1 aromatic carbocycles. The highest BCUT2D eigenvalue weighted by molar-refractivity contribution is 6.01. The van der Waals surface area contributed by atoms with Crippen molar-refractivity contribution in [1.29, 1.82) is 5.26 Å². The molecule has 0 aliphatic heterocycles. The number of nitrogens with zero attached hydrogens (tertiary/aromatic N) is 2. The summed E-state index contributed by atoms with van der Waals surface area (Å²) in [5, 5.41) is 21.7. The number of hydrogen-bond acceptors (Lipinski definition) is 5. The van der Waals surface area contributed by atoms with Gasteiger partial charge in [0.25, 0.3) is 0 Å². The molecule has 0 atom stereocenters. The number of carbonyl (C=O) groups is 1. The average Bonchev–Trinajstić information content (AvgIpc) is 2.97. The molecule has 0 unspecified atom stereocenters. The van der Waals surface area contributed by atoms with E-state index in [-0.39, 0.29) is 11.6 Å². The van der Waals surface area contributed by atoms with Crippen LogP contribution in [0.15, 0.2) is 46.9 Å². The third-order valence-electron chi connectivity index (χ3n) is 2.70. The van der Waals surface area contributed by atoms with E-state index >= 15 is 0 Å². The third-order valence-corrected chi connectivity index (χ3v) is 2.70. The molecule has 0 saturated carbocycles. The van der Waals surface area contributed by atoms with Crippen molar-refractivity contribution in [1.82, 2.24) is 0 Å². The van der Waals surface area contributed by atoms with Gasteiger partial charge in [-0.05, 0) is 29.8 Å². The van der Waals surface area contributed by atoms with Crippen LogP contribution >= 0.6 is 0 Å². The molecule has 1 aromatic heterocycles. The van der Waals surface area contributed by atoms with Crippen molar-refractivity contribution in [2.24, 2.45) is 0 Å². The maximum Gasteiger partial charge on any atom is 0.433 e. The first kappa shape index (κ1) is 15.0. The third kappa shape index (κ3) is 4.05. The lowest BCUT2D eigenvalue weighted by molar-refractivity contribution is -0.402. The lowest BCUT2D eigenvalue weighted by atomic mass is 10.1. The van der Waals surface area contributed by atoms with Crippen molar-refractivity contribution in [3.8, 4) is 6.07 Å². The van der Waals surface area contributed by atoms with E-state index in [0.29, 0.717) is 12.1 Å². The maximum atomic E-state index is 11.7. The highest BCUT2D eigenvalue weighted by Crippen LogP contribution is 2.16. The van der Waals surface area contributed by atoms with Crippen LogP contribution in [-0.2, 0) is 11.2 Å². The SMILES string of the molecule is N#CCc1ccc(NC(=O)/C=C\c2ccc([N+](=O)[O-])o2)cc1. The van der Waals surface area contributed by atoms with Gasteiger partial charge in [0.2, 0.25) is 5.91 Å². The summed E-state index contributed by atoms with van der Waals surface area (Å²) in [6, 6.07) is 11.5. The molecule has 0 fully saturated rings. The zero-order valence-corrected chi connectivity index (χ0v) is 11.4. The molecule has 1 amide bonds. The van der Waals surface area contributed by atoms with Crippen molar-refractivity contribution in [2.45, 2.75) is 6.42 Å². The normalized spacial score (nSPS) is 10.3. The smallest absolute Gasteiger partial charge is 0.401 e. The molecule has 2 aromatic rings. The first-order valence-corrected chi connectivity index (χ1v) is 6.27. The molecular formula is C15H11N3O4. The Balaban J connectivity index is 1.95. The van der Waals surface area contributed by atoms with Gasteiger partial charge < -0.3 is 9.73 Å². The van der Waals surface area contributed by atoms with Crippen LogP contribution in [0.3, 0.4) is 0 Å². The van der Waals surface area contributed by atoms with Gasteiger partial charge in [-0.15, -0.1) is 0 Å². The Hall–Kier alpha value is -3.40. The van der Waals surface area contributed by atoms with Gasteiger partial charge in [-0.25, -0.2) is 0 Å². The summed E-state index contributed by atoms with van der Waals surface area (Å²) in [6.07, 6.45) is 2.86. The number of furan rings is 1. The summed E-state index contributed by atoms with van der Waals surface area (Å²) in [6.45, 7) is 0. The van der Waals surface area contributed by atoms with Gasteiger partial charge in [0.1, 0.15) is 10.7 Å². The molecule has 0 saturated heterocycles. The minimum atomic E-state index is -0.653. The Labute approximate surface area is 125 Å². The second-order valence-electron chi connectivity index (χ2n) is 4.29. The molecule has 22 heavy (non-hydrogen) atoms. The van der Waals surface area contributed by atoms with Crippen LogP contribution in [0.5, 0.6) is 0 Å². The number of rotatable bonds is 5. The number of amides is 1. The fraction of sp³-hybridized carbons (Fsp3) is 0.0667. The van der Waals surface area contributed by atoms with E-state index in [9.17, 15) is 14.9 Å². The zero-order chi connectivity index (χ0) is 15.9. The van der Waals surface area contributed by atoms with Crippen LogP contribution in [0.4, 0.5) is 11.6 Å². The fourth-order valence-corrected chi connectivity index (χ4v) is 1.67. The molecular weight excluding hydrogens is 286 g/mol. The van der Waals surface area contributed by atoms with Gasteiger partial charge in [0.05, 0.1) is 18.6 Å². The van der Waals surface area contributed by atoms with Crippen LogP contribution in [-0.4, -0.2) is 10.8 Å². The van der Waals surface area contributed by atoms with Gasteiger partial charge >= 0.3 is 5.88 Å². The number of benzene rings is 1. The monoisotopic (exact) mass is 297 g/mol. The summed E-state index contributed by atoms with van der Waals surface area (Å²) in [7, 11) is 0. The van der Waals surface area contributed by atoms with Gasteiger partial charge in [-0.2, -0.15) is 5.26 Å². The Morgan fingerprint density at radius 3 is 2.64 bits per heavy atom. The van der Waals surface area contributed by atoms with Gasteiger partial charge in [-0.3, -0.25) is 14.9 Å². The van der Waals surface area contributed by atoms with Gasteiger partial charge in [0.15, 0.2) is 0 Å². The molecule has 0 spiro atoms. The summed E-state index contributed by atoms with van der Waals surface area (Å²) < 4.78 is 4.89. The van der Waals surface area contributed by atoms with E-state index < -0.39 is 10.8 Å². The standard InChI is InChI=1S/C15H11N3O4/c16-10-9-11-1-3-12(4-2-11)17-14(19)7-5-13-6-8-15(22-13)18(20)21/h1-8H,9H2,(H,17,19)/b7-5-. The van der Waals surface area contributed by atoms with Crippen LogP contribution in [0, 0.1) is 21.4 Å². The number of anilines is 1. The Morgan fingerprint density at radius 1 is 1.32 bits per heavy atom. The van der Waals surface area contributed by atoms with Crippen molar-refractivity contribution >= 4 is 23.6 Å². The fourth-order valence-electron chi connectivity index (χ4n) is 1.67. The second-order valence-corrected chi connectivity index (χ2v) is 4.29. The Bertz CT molecular complexity index is 754. The largest absolute Gasteiger partial charge is 0.433 e. The molecule has 7 heteroatoms. The number of nitro groups is 1.